The summed E-state index contributed by atoms with van der Waals surface area (Å²) >= 11 is 0. The number of phenolic OH excluding ortho intramolecular Hbond substituents is 1. The number of cyclic esters (lactones) is 1. The van der Waals surface area contributed by atoms with Gasteiger partial charge in [0.15, 0.2) is 0 Å². The van der Waals surface area contributed by atoms with Crippen molar-refractivity contribution in [2.24, 2.45) is 0 Å². The molecule has 6 heteroatoms. The highest BCUT2D eigenvalue weighted by Gasteiger charge is 2.30. The van der Waals surface area contributed by atoms with Crippen LogP contribution in [0.25, 0.3) is 11.1 Å². The van der Waals surface area contributed by atoms with Crippen LogP contribution in [0.15, 0.2) is 36.4 Å². The smallest absolute Gasteiger partial charge is 0.412 e. The first-order valence-corrected chi connectivity index (χ1v) is 8.78. The highest BCUT2D eigenvalue weighted by molar-refractivity contribution is 5.90. The van der Waals surface area contributed by atoms with Crippen molar-refractivity contribution < 1.29 is 14.6 Å². The molecule has 5 nitrogen and oxygen atoms in total. The maximum absolute atomic E-state index is 11.8. The fourth-order valence-corrected chi connectivity index (χ4v) is 3.92. The molecule has 2 aliphatic heterocycles. The number of hydrogen-bond donors (Lipinski definition) is 3. The number of aromatic hydroxyl groups is 1. The van der Waals surface area contributed by atoms with E-state index in [-0.39, 0.29) is 24.3 Å². The van der Waals surface area contributed by atoms with Gasteiger partial charge in [0.25, 0.3) is 0 Å². The molecule has 1 amide bonds. The molecule has 1 saturated heterocycles. The molecule has 0 bridgehead atoms. The van der Waals surface area contributed by atoms with Gasteiger partial charge in [-0.3, -0.25) is 5.32 Å². The third-order valence-corrected chi connectivity index (χ3v) is 5.09. The Morgan fingerprint density at radius 2 is 2.04 bits per heavy atom. The van der Waals surface area contributed by atoms with Crippen molar-refractivity contribution in [3.63, 3.8) is 0 Å². The van der Waals surface area contributed by atoms with Crippen LogP contribution in [-0.4, -0.2) is 24.3 Å². The number of hydrogen-bond acceptors (Lipinski definition) is 4. The molecule has 0 aliphatic carbocycles. The molecule has 0 radical (unpaired) electrons. The van der Waals surface area contributed by atoms with Crippen LogP contribution in [0, 0.1) is 0 Å². The predicted octanol–water partition coefficient (Wildman–Crippen LogP) is 4.57. The highest BCUT2D eigenvalue weighted by Crippen LogP contribution is 2.42. The zero-order valence-corrected chi connectivity index (χ0v) is 15.4. The molecule has 138 valence electrons. The molecule has 26 heavy (non-hydrogen) atoms. The summed E-state index contributed by atoms with van der Waals surface area (Å²) in [5.74, 6) is 0.607. The minimum atomic E-state index is -0.429. The molecule has 4 rings (SSSR count). The van der Waals surface area contributed by atoms with Gasteiger partial charge in [-0.2, -0.15) is 0 Å². The number of carbonyl (C=O) groups excluding carboxylic acids is 1. The van der Waals surface area contributed by atoms with Crippen molar-refractivity contribution in [3.8, 4) is 16.9 Å². The van der Waals surface area contributed by atoms with E-state index < -0.39 is 6.09 Å². The summed E-state index contributed by atoms with van der Waals surface area (Å²) in [6.07, 6.45) is 1.52. The molecule has 0 spiro atoms. The Hall–Kier alpha value is -2.24. The largest absolute Gasteiger partial charge is 0.507 e. The van der Waals surface area contributed by atoms with E-state index in [1.807, 2.05) is 25.1 Å². The summed E-state index contributed by atoms with van der Waals surface area (Å²) in [6, 6.07) is 11.4. The molecule has 2 aromatic carbocycles. The Balaban J connectivity index is 0.00000196. The van der Waals surface area contributed by atoms with Crippen LogP contribution < -0.4 is 10.6 Å². The van der Waals surface area contributed by atoms with Crippen molar-refractivity contribution >= 4 is 24.2 Å². The number of benzene rings is 2. The van der Waals surface area contributed by atoms with Gasteiger partial charge in [0.1, 0.15) is 11.9 Å². The Kier molecular flexibility index (Phi) is 5.39. The average molecular weight is 375 g/mol. The Labute approximate surface area is 159 Å². The first kappa shape index (κ1) is 18.5. The minimum absolute atomic E-state index is 0. The van der Waals surface area contributed by atoms with E-state index in [1.165, 1.54) is 5.56 Å². The summed E-state index contributed by atoms with van der Waals surface area (Å²) in [5.41, 5.74) is 4.70. The van der Waals surface area contributed by atoms with E-state index in [9.17, 15) is 9.90 Å². The number of halogens is 1. The number of carbonyl (C=O) groups is 1. The van der Waals surface area contributed by atoms with Gasteiger partial charge >= 0.3 is 6.09 Å². The molecule has 1 fully saturated rings. The van der Waals surface area contributed by atoms with Gasteiger partial charge in [-0.05, 0) is 55.5 Å². The molecule has 2 unspecified atom stereocenters. The van der Waals surface area contributed by atoms with Gasteiger partial charge < -0.3 is 15.2 Å². The van der Waals surface area contributed by atoms with Crippen molar-refractivity contribution in [2.45, 2.75) is 31.8 Å². The van der Waals surface area contributed by atoms with Gasteiger partial charge in [0, 0.05) is 17.7 Å². The Morgan fingerprint density at radius 3 is 2.77 bits per heavy atom. The minimum Gasteiger partial charge on any atom is -0.507 e. The van der Waals surface area contributed by atoms with E-state index in [2.05, 4.69) is 16.7 Å². The van der Waals surface area contributed by atoms with Crippen LogP contribution in [0.1, 0.15) is 42.9 Å². The normalized spacial score (nSPS) is 21.8. The monoisotopic (exact) mass is 374 g/mol. The first-order valence-electron chi connectivity index (χ1n) is 8.78. The first-order chi connectivity index (χ1) is 12.1. The fraction of sp³-hybridized carbons (Fsp3) is 0.350. The van der Waals surface area contributed by atoms with Gasteiger partial charge in [-0.25, -0.2) is 4.79 Å². The van der Waals surface area contributed by atoms with Gasteiger partial charge in [-0.1, -0.05) is 24.3 Å². The van der Waals surface area contributed by atoms with Crippen molar-refractivity contribution in [1.82, 2.24) is 5.32 Å². The number of anilines is 1. The van der Waals surface area contributed by atoms with Crippen LogP contribution in [-0.2, 0) is 4.74 Å². The summed E-state index contributed by atoms with van der Waals surface area (Å²) < 4.78 is 5.39. The third-order valence-electron chi connectivity index (χ3n) is 5.09. The van der Waals surface area contributed by atoms with E-state index in [1.54, 1.807) is 12.1 Å². The second kappa shape index (κ2) is 7.56. The summed E-state index contributed by atoms with van der Waals surface area (Å²) in [6.45, 7) is 3.87. The van der Waals surface area contributed by atoms with Crippen LogP contribution in [0.5, 0.6) is 5.75 Å². The summed E-state index contributed by atoms with van der Waals surface area (Å²) in [4.78, 5) is 11.8. The van der Waals surface area contributed by atoms with Crippen molar-refractivity contribution in [2.75, 3.05) is 18.4 Å². The molecule has 3 N–H and O–H groups in total. The number of ether oxygens (including phenoxy) is 1. The standard InChI is InChI=1S/C20H22N2O3.ClH/c1-12-19-16(13-5-4-8-21-11-13)9-14(10-17(19)22-20(24)25-12)15-6-2-3-7-18(15)23;/h2-3,6-7,9-10,12-13,21,23H,4-5,8,11H2,1H3,(H,22,24);1H. The molecule has 0 saturated carbocycles. The zero-order valence-electron chi connectivity index (χ0n) is 14.6. The van der Waals surface area contributed by atoms with Crippen molar-refractivity contribution in [3.05, 3.63) is 47.5 Å². The zero-order chi connectivity index (χ0) is 17.4. The van der Waals surface area contributed by atoms with Crippen LogP contribution in [0.4, 0.5) is 10.5 Å². The fourth-order valence-electron chi connectivity index (χ4n) is 3.92. The molecule has 2 heterocycles. The van der Waals surface area contributed by atoms with E-state index >= 15 is 0 Å². The lowest BCUT2D eigenvalue weighted by molar-refractivity contribution is 0.116. The maximum Gasteiger partial charge on any atom is 0.412 e. The molecule has 2 atom stereocenters. The lowest BCUT2D eigenvalue weighted by Gasteiger charge is -2.32. The molecular weight excluding hydrogens is 352 g/mol. The predicted molar refractivity (Wildman–Crippen MR) is 104 cm³/mol. The number of para-hydroxylation sites is 1. The molecule has 0 aromatic heterocycles. The quantitative estimate of drug-likeness (QED) is 0.720. The highest BCUT2D eigenvalue weighted by atomic mass is 35.5. The van der Waals surface area contributed by atoms with Crippen molar-refractivity contribution in [1.29, 1.82) is 0 Å². The Bertz CT molecular complexity index is 819. The second-order valence-corrected chi connectivity index (χ2v) is 6.76. The average Bonchev–Trinajstić information content (AvgIpc) is 2.61. The van der Waals surface area contributed by atoms with Gasteiger partial charge in [-0.15, -0.1) is 12.4 Å². The Morgan fingerprint density at radius 1 is 1.23 bits per heavy atom. The molecule has 2 aliphatic rings. The number of rotatable bonds is 2. The number of piperidine rings is 1. The second-order valence-electron chi connectivity index (χ2n) is 6.76. The van der Waals surface area contributed by atoms with Crippen LogP contribution >= 0.6 is 12.4 Å². The third kappa shape index (κ3) is 3.37. The molecular formula is C20H23ClN2O3. The molecule has 2 aromatic rings. The summed E-state index contributed by atoms with van der Waals surface area (Å²) in [5, 5.41) is 16.5. The number of nitrogens with one attached hydrogen (secondary N) is 2. The lowest BCUT2D eigenvalue weighted by atomic mass is 9.83. The summed E-state index contributed by atoms with van der Waals surface area (Å²) in [7, 11) is 0. The number of amides is 1. The van der Waals surface area contributed by atoms with E-state index in [4.69, 9.17) is 4.74 Å². The van der Waals surface area contributed by atoms with Crippen LogP contribution in [0.2, 0.25) is 0 Å². The van der Waals surface area contributed by atoms with E-state index in [0.29, 0.717) is 5.92 Å². The van der Waals surface area contributed by atoms with Crippen LogP contribution in [0.3, 0.4) is 0 Å². The van der Waals surface area contributed by atoms with Gasteiger partial charge in [0.2, 0.25) is 0 Å². The topological polar surface area (TPSA) is 70.6 Å². The van der Waals surface area contributed by atoms with Gasteiger partial charge in [0.05, 0.1) is 5.69 Å². The SMILES string of the molecule is CC1OC(=O)Nc2cc(-c3ccccc3O)cc(C3CCCNC3)c21.Cl. The number of phenols is 1. The number of fused-ring (bicyclic) bond motifs is 1. The van der Waals surface area contributed by atoms with E-state index in [0.717, 1.165) is 48.3 Å². The maximum atomic E-state index is 11.8. The lowest BCUT2D eigenvalue weighted by Crippen LogP contribution is -2.31.